The molecule has 1 aromatic heterocycles. The van der Waals surface area contributed by atoms with E-state index < -0.39 is 0 Å². The SMILES string of the molecule is COc1ccc([C@H]2CCCN2Cn2nc(-c3ccccc3)n(C)c2=S)c(OC)c1. The largest absolute Gasteiger partial charge is 0.497 e. The Morgan fingerprint density at radius 1 is 1.10 bits per heavy atom. The van der Waals surface area contributed by atoms with Crippen LogP contribution in [0.15, 0.2) is 48.5 Å². The topological polar surface area (TPSA) is 44.5 Å². The molecule has 0 radical (unpaired) electrons. The van der Waals surface area contributed by atoms with E-state index in [-0.39, 0.29) is 6.04 Å². The zero-order chi connectivity index (χ0) is 20.4. The highest BCUT2D eigenvalue weighted by Crippen LogP contribution is 2.39. The molecule has 0 unspecified atom stereocenters. The van der Waals surface area contributed by atoms with Crippen LogP contribution < -0.4 is 9.47 Å². The Labute approximate surface area is 176 Å². The van der Waals surface area contributed by atoms with E-state index in [0.717, 1.165) is 47.0 Å². The summed E-state index contributed by atoms with van der Waals surface area (Å²) in [6.07, 6.45) is 2.21. The van der Waals surface area contributed by atoms with Gasteiger partial charge in [0.2, 0.25) is 0 Å². The van der Waals surface area contributed by atoms with Crippen molar-refractivity contribution in [2.24, 2.45) is 7.05 Å². The zero-order valence-corrected chi connectivity index (χ0v) is 17.9. The molecule has 6 nitrogen and oxygen atoms in total. The van der Waals surface area contributed by atoms with Crippen molar-refractivity contribution in [1.29, 1.82) is 0 Å². The fraction of sp³-hybridized carbons (Fsp3) is 0.364. The van der Waals surface area contributed by atoms with Gasteiger partial charge in [0, 0.05) is 36.8 Å². The number of ether oxygens (including phenoxy) is 2. The molecule has 0 spiro atoms. The second-order valence-corrected chi connectivity index (χ2v) is 7.62. The van der Waals surface area contributed by atoms with E-state index in [1.165, 1.54) is 5.56 Å². The molecule has 29 heavy (non-hydrogen) atoms. The van der Waals surface area contributed by atoms with Crippen molar-refractivity contribution in [2.75, 3.05) is 20.8 Å². The van der Waals surface area contributed by atoms with E-state index >= 15 is 0 Å². The third-order valence-electron chi connectivity index (χ3n) is 5.55. The maximum Gasteiger partial charge on any atom is 0.199 e. The normalized spacial score (nSPS) is 16.9. The van der Waals surface area contributed by atoms with Gasteiger partial charge in [0.25, 0.3) is 0 Å². The van der Waals surface area contributed by atoms with Crippen LogP contribution in [0, 0.1) is 4.77 Å². The Kier molecular flexibility index (Phi) is 5.69. The average molecular weight is 411 g/mol. The van der Waals surface area contributed by atoms with Crippen LogP contribution in [-0.2, 0) is 13.7 Å². The molecule has 3 aromatic rings. The Hall–Kier alpha value is -2.64. The Bertz CT molecular complexity index is 1040. The van der Waals surface area contributed by atoms with Crippen LogP contribution in [0.3, 0.4) is 0 Å². The van der Waals surface area contributed by atoms with Crippen molar-refractivity contribution in [3.63, 3.8) is 0 Å². The second-order valence-electron chi connectivity index (χ2n) is 7.25. The van der Waals surface area contributed by atoms with Gasteiger partial charge in [0.05, 0.1) is 20.9 Å². The van der Waals surface area contributed by atoms with Gasteiger partial charge >= 0.3 is 0 Å². The summed E-state index contributed by atoms with van der Waals surface area (Å²) in [5, 5.41) is 4.82. The summed E-state index contributed by atoms with van der Waals surface area (Å²) in [5.41, 5.74) is 2.24. The van der Waals surface area contributed by atoms with Crippen molar-refractivity contribution >= 4 is 12.2 Å². The van der Waals surface area contributed by atoms with Gasteiger partial charge in [0.1, 0.15) is 11.5 Å². The molecule has 1 atom stereocenters. The lowest BCUT2D eigenvalue weighted by atomic mass is 10.0. The molecule has 0 N–H and O–H groups in total. The predicted octanol–water partition coefficient (Wildman–Crippen LogP) is 4.43. The van der Waals surface area contributed by atoms with Gasteiger partial charge in [-0.15, -0.1) is 0 Å². The van der Waals surface area contributed by atoms with Crippen LogP contribution >= 0.6 is 12.2 Å². The molecule has 7 heteroatoms. The van der Waals surface area contributed by atoms with E-state index in [1.54, 1.807) is 14.2 Å². The van der Waals surface area contributed by atoms with Gasteiger partial charge in [-0.3, -0.25) is 4.90 Å². The van der Waals surface area contributed by atoms with Crippen LogP contribution in [0.4, 0.5) is 0 Å². The molecule has 0 amide bonds. The van der Waals surface area contributed by atoms with Gasteiger partial charge in [0.15, 0.2) is 10.6 Å². The summed E-state index contributed by atoms with van der Waals surface area (Å²) in [4.78, 5) is 2.42. The highest BCUT2D eigenvalue weighted by Gasteiger charge is 2.29. The highest BCUT2D eigenvalue weighted by molar-refractivity contribution is 7.71. The maximum atomic E-state index is 5.68. The van der Waals surface area contributed by atoms with Crippen LogP contribution in [0.25, 0.3) is 11.4 Å². The zero-order valence-electron chi connectivity index (χ0n) is 17.0. The molecule has 1 saturated heterocycles. The number of hydrogen-bond donors (Lipinski definition) is 0. The number of benzene rings is 2. The number of rotatable bonds is 6. The first-order valence-corrected chi connectivity index (χ1v) is 10.2. The van der Waals surface area contributed by atoms with Crippen molar-refractivity contribution in [3.8, 4) is 22.9 Å². The number of aromatic nitrogens is 3. The average Bonchev–Trinajstić information content (AvgIpc) is 3.34. The predicted molar refractivity (Wildman–Crippen MR) is 116 cm³/mol. The second kappa shape index (κ2) is 8.39. The number of methoxy groups -OCH3 is 2. The summed E-state index contributed by atoms with van der Waals surface area (Å²) in [7, 11) is 5.35. The molecule has 1 fully saturated rings. The fourth-order valence-electron chi connectivity index (χ4n) is 4.03. The van der Waals surface area contributed by atoms with Crippen molar-refractivity contribution < 1.29 is 9.47 Å². The summed E-state index contributed by atoms with van der Waals surface area (Å²) in [6.45, 7) is 1.65. The van der Waals surface area contributed by atoms with Gasteiger partial charge in [-0.2, -0.15) is 5.10 Å². The van der Waals surface area contributed by atoms with E-state index in [1.807, 2.05) is 46.6 Å². The van der Waals surface area contributed by atoms with Crippen LogP contribution in [0.1, 0.15) is 24.4 Å². The first kappa shape index (κ1) is 19.7. The van der Waals surface area contributed by atoms with Crippen molar-refractivity contribution in [3.05, 3.63) is 58.9 Å². The first-order chi connectivity index (χ1) is 14.1. The van der Waals surface area contributed by atoms with E-state index in [4.69, 9.17) is 26.8 Å². The smallest absolute Gasteiger partial charge is 0.199 e. The summed E-state index contributed by atoms with van der Waals surface area (Å²) >= 11 is 5.68. The molecular weight excluding hydrogens is 384 g/mol. The lowest BCUT2D eigenvalue weighted by molar-refractivity contribution is 0.187. The lowest BCUT2D eigenvalue weighted by Crippen LogP contribution is -2.27. The lowest BCUT2D eigenvalue weighted by Gasteiger charge is -2.26. The minimum Gasteiger partial charge on any atom is -0.497 e. The summed E-state index contributed by atoms with van der Waals surface area (Å²) < 4.78 is 15.6. The molecule has 4 rings (SSSR count). The van der Waals surface area contributed by atoms with Crippen LogP contribution in [0.5, 0.6) is 11.5 Å². The van der Waals surface area contributed by atoms with E-state index in [9.17, 15) is 0 Å². The molecule has 1 aliphatic rings. The number of nitrogens with zero attached hydrogens (tertiary/aromatic N) is 4. The van der Waals surface area contributed by atoms with E-state index in [2.05, 4.69) is 23.1 Å². The van der Waals surface area contributed by atoms with E-state index in [0.29, 0.717) is 6.67 Å². The minimum atomic E-state index is 0.264. The monoisotopic (exact) mass is 410 g/mol. The van der Waals surface area contributed by atoms with Gasteiger partial charge in [-0.05, 0) is 31.1 Å². The summed E-state index contributed by atoms with van der Waals surface area (Å²) in [6, 6.07) is 16.5. The number of hydrogen-bond acceptors (Lipinski definition) is 5. The molecule has 152 valence electrons. The molecule has 1 aliphatic heterocycles. The highest BCUT2D eigenvalue weighted by atomic mass is 32.1. The van der Waals surface area contributed by atoms with Crippen LogP contribution in [-0.4, -0.2) is 40.0 Å². The Morgan fingerprint density at radius 2 is 1.90 bits per heavy atom. The molecule has 2 heterocycles. The molecule has 0 saturated carbocycles. The van der Waals surface area contributed by atoms with Gasteiger partial charge in [-0.1, -0.05) is 36.4 Å². The quantitative estimate of drug-likeness (QED) is 0.563. The summed E-state index contributed by atoms with van der Waals surface area (Å²) in [5.74, 6) is 2.54. The fourth-order valence-corrected chi connectivity index (χ4v) is 4.22. The molecular formula is C22H26N4O2S. The number of likely N-dealkylation sites (tertiary alicyclic amines) is 1. The van der Waals surface area contributed by atoms with Crippen molar-refractivity contribution in [1.82, 2.24) is 19.2 Å². The Balaban J connectivity index is 1.63. The minimum absolute atomic E-state index is 0.264. The van der Waals surface area contributed by atoms with Gasteiger partial charge in [-0.25, -0.2) is 4.68 Å². The van der Waals surface area contributed by atoms with Gasteiger partial charge < -0.3 is 14.0 Å². The molecule has 0 bridgehead atoms. The molecule has 2 aromatic carbocycles. The Morgan fingerprint density at radius 3 is 2.62 bits per heavy atom. The van der Waals surface area contributed by atoms with Crippen LogP contribution in [0.2, 0.25) is 0 Å². The van der Waals surface area contributed by atoms with Crippen molar-refractivity contribution in [2.45, 2.75) is 25.6 Å². The molecule has 0 aliphatic carbocycles. The first-order valence-electron chi connectivity index (χ1n) is 9.77. The third kappa shape index (κ3) is 3.80. The third-order valence-corrected chi connectivity index (χ3v) is 6.04. The standard InChI is InChI=1S/C22H26N4O2S/c1-24-21(16-8-5-4-6-9-16)23-26(22(24)29)15-25-13-7-10-19(25)18-12-11-17(27-2)14-20(18)28-3/h4-6,8-9,11-12,14,19H,7,10,13,15H2,1-3H3/t19-/m1/s1. The maximum absolute atomic E-state index is 5.68.